The van der Waals surface area contributed by atoms with Crippen molar-refractivity contribution in [2.24, 2.45) is 10.8 Å². The molecule has 130 valence electrons. The van der Waals surface area contributed by atoms with E-state index in [0.717, 1.165) is 5.69 Å². The highest BCUT2D eigenvalue weighted by atomic mass is 16.2. The zero-order valence-corrected chi connectivity index (χ0v) is 13.9. The molecular formula is C17H20N6O2. The maximum Gasteiger partial charge on any atom is 0.267 e. The predicted octanol–water partition coefficient (Wildman–Crippen LogP) is 0.508. The quantitative estimate of drug-likeness (QED) is 0.799. The highest BCUT2D eigenvalue weighted by molar-refractivity contribution is 6.40. The third kappa shape index (κ3) is 3.85. The predicted molar refractivity (Wildman–Crippen MR) is 93.8 cm³/mol. The number of anilines is 1. The molecule has 0 bridgehead atoms. The molecule has 0 saturated heterocycles. The summed E-state index contributed by atoms with van der Waals surface area (Å²) in [5.74, 6) is -0.815. The van der Waals surface area contributed by atoms with Gasteiger partial charge >= 0.3 is 0 Å². The van der Waals surface area contributed by atoms with E-state index in [0.29, 0.717) is 12.3 Å². The fourth-order valence-electron chi connectivity index (χ4n) is 2.73. The molecule has 25 heavy (non-hydrogen) atoms. The molecule has 0 aliphatic carbocycles. The summed E-state index contributed by atoms with van der Waals surface area (Å²) in [4.78, 5) is 24.2. The molecule has 0 unspecified atom stereocenters. The fraction of sp³-hybridized carbons (Fsp3) is 0.294. The molecule has 1 aliphatic rings. The Morgan fingerprint density at radius 3 is 2.72 bits per heavy atom. The second-order valence-electron chi connectivity index (χ2n) is 5.95. The van der Waals surface area contributed by atoms with Crippen LogP contribution in [-0.2, 0) is 16.1 Å². The molecule has 0 radical (unpaired) electrons. The second kappa shape index (κ2) is 7.16. The van der Waals surface area contributed by atoms with Gasteiger partial charge in [-0.2, -0.15) is 10.2 Å². The minimum atomic E-state index is -0.662. The van der Waals surface area contributed by atoms with Crippen LogP contribution in [-0.4, -0.2) is 39.4 Å². The summed E-state index contributed by atoms with van der Waals surface area (Å²) in [5.41, 5.74) is 6.49. The first-order chi connectivity index (χ1) is 12.0. The molecule has 2 amide bonds. The number of carbonyl (C=O) groups is 2. The van der Waals surface area contributed by atoms with Gasteiger partial charge in [-0.15, -0.1) is 0 Å². The number of aromatic nitrogens is 2. The number of para-hydroxylation sites is 1. The molecule has 3 N–H and O–H groups in total. The number of nitrogens with two attached hydrogens (primary N) is 1. The standard InChI is InChI=1S/C17H20N6O2/c1-12(11-22-9-5-8-19-22)20-17(25)14-10-15(16(18)24)23(21-14)13-6-3-2-4-7-13/h2-9,12,15H,10-11H2,1H3,(H2,18,24)(H,20,25)/t12-,15+/m1/s1. The number of carbonyl (C=O) groups excluding carboxylic acids is 2. The smallest absolute Gasteiger partial charge is 0.267 e. The molecule has 1 aromatic heterocycles. The lowest BCUT2D eigenvalue weighted by Gasteiger charge is -2.20. The zero-order valence-electron chi connectivity index (χ0n) is 13.9. The van der Waals surface area contributed by atoms with E-state index in [2.05, 4.69) is 15.5 Å². The van der Waals surface area contributed by atoms with E-state index < -0.39 is 11.9 Å². The van der Waals surface area contributed by atoms with Gasteiger partial charge in [0.1, 0.15) is 11.8 Å². The number of primary amides is 1. The van der Waals surface area contributed by atoms with Gasteiger partial charge in [-0.3, -0.25) is 19.3 Å². The fourth-order valence-corrected chi connectivity index (χ4v) is 2.73. The summed E-state index contributed by atoms with van der Waals surface area (Å²) in [6, 6.07) is 10.2. The van der Waals surface area contributed by atoms with Gasteiger partial charge in [-0.1, -0.05) is 18.2 Å². The van der Waals surface area contributed by atoms with Crippen molar-refractivity contribution >= 4 is 23.2 Å². The van der Waals surface area contributed by atoms with E-state index in [1.807, 2.05) is 49.5 Å². The molecule has 2 atom stereocenters. The van der Waals surface area contributed by atoms with Crippen molar-refractivity contribution in [1.29, 1.82) is 0 Å². The van der Waals surface area contributed by atoms with Gasteiger partial charge in [0, 0.05) is 24.9 Å². The Labute approximate surface area is 145 Å². The van der Waals surface area contributed by atoms with Crippen molar-refractivity contribution in [1.82, 2.24) is 15.1 Å². The third-order valence-electron chi connectivity index (χ3n) is 3.92. The number of hydrogen-bond donors (Lipinski definition) is 2. The summed E-state index contributed by atoms with van der Waals surface area (Å²) in [6.07, 6.45) is 3.70. The average molecular weight is 340 g/mol. The topological polar surface area (TPSA) is 106 Å². The summed E-state index contributed by atoms with van der Waals surface area (Å²) < 4.78 is 1.74. The zero-order chi connectivity index (χ0) is 17.8. The van der Waals surface area contributed by atoms with Gasteiger partial charge in [0.2, 0.25) is 5.91 Å². The number of hydrogen-bond acceptors (Lipinski definition) is 5. The second-order valence-corrected chi connectivity index (χ2v) is 5.95. The highest BCUT2D eigenvalue weighted by Crippen LogP contribution is 2.24. The van der Waals surface area contributed by atoms with Crippen molar-refractivity contribution in [3.8, 4) is 0 Å². The Bertz CT molecular complexity index is 772. The lowest BCUT2D eigenvalue weighted by Crippen LogP contribution is -2.41. The summed E-state index contributed by atoms with van der Waals surface area (Å²) in [5, 5.41) is 12.8. The average Bonchev–Trinajstić information content (AvgIpc) is 3.24. The first-order valence-corrected chi connectivity index (χ1v) is 8.04. The van der Waals surface area contributed by atoms with Gasteiger partial charge in [0.15, 0.2) is 0 Å². The molecule has 1 aliphatic heterocycles. The Morgan fingerprint density at radius 1 is 1.32 bits per heavy atom. The number of nitrogens with one attached hydrogen (secondary N) is 1. The minimum Gasteiger partial charge on any atom is -0.368 e. The van der Waals surface area contributed by atoms with Crippen molar-refractivity contribution in [2.75, 3.05) is 5.01 Å². The first-order valence-electron chi connectivity index (χ1n) is 8.04. The minimum absolute atomic E-state index is 0.132. The summed E-state index contributed by atoms with van der Waals surface area (Å²) in [6.45, 7) is 2.43. The molecule has 8 heteroatoms. The lowest BCUT2D eigenvalue weighted by atomic mass is 10.1. The van der Waals surface area contributed by atoms with Crippen molar-refractivity contribution < 1.29 is 9.59 Å². The molecule has 3 rings (SSSR count). The van der Waals surface area contributed by atoms with Crippen LogP contribution in [0.5, 0.6) is 0 Å². The molecule has 0 spiro atoms. The van der Waals surface area contributed by atoms with Crippen molar-refractivity contribution in [3.63, 3.8) is 0 Å². The van der Waals surface area contributed by atoms with Crippen LogP contribution >= 0.6 is 0 Å². The van der Waals surface area contributed by atoms with Crippen LogP contribution in [0.2, 0.25) is 0 Å². The summed E-state index contributed by atoms with van der Waals surface area (Å²) in [7, 11) is 0. The van der Waals surface area contributed by atoms with Crippen LogP contribution in [0, 0.1) is 0 Å². The van der Waals surface area contributed by atoms with Gasteiger partial charge in [0.05, 0.1) is 12.2 Å². The Hall–Kier alpha value is -3.16. The Balaban J connectivity index is 1.70. The molecule has 0 saturated carbocycles. The molecule has 0 fully saturated rings. The van der Waals surface area contributed by atoms with Gasteiger partial charge in [-0.25, -0.2) is 0 Å². The molecule has 1 aromatic carbocycles. The van der Waals surface area contributed by atoms with Crippen LogP contribution in [0.4, 0.5) is 5.69 Å². The number of rotatable bonds is 6. The van der Waals surface area contributed by atoms with Crippen molar-refractivity contribution in [2.45, 2.75) is 32.0 Å². The van der Waals surface area contributed by atoms with E-state index in [1.54, 1.807) is 10.9 Å². The van der Waals surface area contributed by atoms with Crippen molar-refractivity contribution in [3.05, 3.63) is 48.8 Å². The van der Waals surface area contributed by atoms with E-state index in [4.69, 9.17) is 5.73 Å². The van der Waals surface area contributed by atoms with Crippen LogP contribution in [0.1, 0.15) is 13.3 Å². The number of hydrazone groups is 1. The van der Waals surface area contributed by atoms with Crippen LogP contribution < -0.4 is 16.1 Å². The summed E-state index contributed by atoms with van der Waals surface area (Å²) >= 11 is 0. The van der Waals surface area contributed by atoms with Crippen LogP contribution in [0.25, 0.3) is 0 Å². The molecule has 8 nitrogen and oxygen atoms in total. The lowest BCUT2D eigenvalue weighted by molar-refractivity contribution is -0.119. The van der Waals surface area contributed by atoms with Gasteiger partial charge in [0.25, 0.3) is 5.91 Å². The van der Waals surface area contributed by atoms with Gasteiger partial charge in [-0.05, 0) is 25.1 Å². The molecule has 2 heterocycles. The number of amides is 2. The van der Waals surface area contributed by atoms with Gasteiger partial charge < -0.3 is 11.1 Å². The Kier molecular flexibility index (Phi) is 4.78. The first kappa shape index (κ1) is 16.7. The van der Waals surface area contributed by atoms with E-state index >= 15 is 0 Å². The van der Waals surface area contributed by atoms with E-state index in [1.165, 1.54) is 5.01 Å². The van der Waals surface area contributed by atoms with Crippen LogP contribution in [0.15, 0.2) is 53.9 Å². The molecule has 2 aromatic rings. The maximum atomic E-state index is 12.5. The number of benzene rings is 1. The van der Waals surface area contributed by atoms with E-state index in [-0.39, 0.29) is 18.4 Å². The normalized spacial score (nSPS) is 17.9. The SMILES string of the molecule is C[C@H](Cn1cccn1)NC(=O)C1=NN(c2ccccc2)[C@H](C(N)=O)C1. The largest absolute Gasteiger partial charge is 0.368 e. The molecular weight excluding hydrogens is 320 g/mol. The Morgan fingerprint density at radius 2 is 2.08 bits per heavy atom. The maximum absolute atomic E-state index is 12.5. The highest BCUT2D eigenvalue weighted by Gasteiger charge is 2.35. The monoisotopic (exact) mass is 340 g/mol. The van der Waals surface area contributed by atoms with E-state index in [9.17, 15) is 9.59 Å². The van der Waals surface area contributed by atoms with Crippen LogP contribution in [0.3, 0.4) is 0 Å². The number of nitrogens with zero attached hydrogens (tertiary/aromatic N) is 4. The third-order valence-corrected chi connectivity index (χ3v) is 3.92.